The minimum absolute atomic E-state index is 0.316. The molecule has 9 nitrogen and oxygen atoms in total. The van der Waals surface area contributed by atoms with Crippen molar-refractivity contribution in [3.8, 4) is 28.4 Å². The number of carbonyl (C=O) groups excluding carboxylic acids is 1. The fraction of sp³-hybridized carbons (Fsp3) is 0.379. The van der Waals surface area contributed by atoms with E-state index in [1.807, 2.05) is 43.3 Å². The minimum Gasteiger partial charge on any atom is -0.496 e. The second-order valence-corrected chi connectivity index (χ2v) is 10.0. The Bertz CT molecular complexity index is 1460. The molecule has 38 heavy (non-hydrogen) atoms. The molecule has 1 aliphatic heterocycles. The average Bonchev–Trinajstić information content (AvgIpc) is 3.51. The van der Waals surface area contributed by atoms with Gasteiger partial charge in [0.1, 0.15) is 11.4 Å². The van der Waals surface area contributed by atoms with Crippen LogP contribution in [0.15, 0.2) is 48.5 Å². The van der Waals surface area contributed by atoms with E-state index in [-0.39, 0.29) is 5.97 Å². The summed E-state index contributed by atoms with van der Waals surface area (Å²) in [5.74, 6) is 0.848. The molecule has 0 spiro atoms. The molecule has 5 rings (SSSR count). The van der Waals surface area contributed by atoms with Crippen molar-refractivity contribution in [1.82, 2.24) is 24.8 Å². The molecule has 0 atom stereocenters. The van der Waals surface area contributed by atoms with E-state index in [1.54, 1.807) is 14.2 Å². The summed E-state index contributed by atoms with van der Waals surface area (Å²) >= 11 is 0. The molecule has 1 aliphatic rings. The van der Waals surface area contributed by atoms with E-state index < -0.39 is 5.60 Å². The Hall–Kier alpha value is -3.98. The number of methoxy groups -OCH3 is 1. The number of fused-ring (bicyclic) bond motifs is 3. The quantitative estimate of drug-likeness (QED) is 0.300. The number of nitrogens with zero attached hydrogens (tertiary/aromatic N) is 5. The van der Waals surface area contributed by atoms with Crippen molar-refractivity contribution in [2.75, 3.05) is 13.7 Å². The van der Waals surface area contributed by atoms with Crippen molar-refractivity contribution < 1.29 is 19.0 Å². The summed E-state index contributed by atoms with van der Waals surface area (Å²) in [5.41, 5.74) is 6.10. The van der Waals surface area contributed by atoms with Crippen LogP contribution in [0.4, 0.5) is 0 Å². The first-order valence-corrected chi connectivity index (χ1v) is 12.8. The summed E-state index contributed by atoms with van der Waals surface area (Å²) < 4.78 is 19.6. The van der Waals surface area contributed by atoms with Crippen molar-refractivity contribution in [3.05, 3.63) is 70.9 Å². The summed E-state index contributed by atoms with van der Waals surface area (Å²) in [6.07, 6.45) is 1.36. The molecule has 0 aliphatic carbocycles. The molecule has 198 valence electrons. The molecule has 4 aromatic rings. The molecule has 0 amide bonds. The molecule has 0 saturated carbocycles. The van der Waals surface area contributed by atoms with Crippen molar-refractivity contribution in [2.45, 2.75) is 52.4 Å². The first kappa shape index (κ1) is 25.7. The van der Waals surface area contributed by atoms with E-state index in [0.717, 1.165) is 39.9 Å². The van der Waals surface area contributed by atoms with Crippen LogP contribution in [0, 0.1) is 0 Å². The molecule has 0 bridgehead atoms. The van der Waals surface area contributed by atoms with Crippen LogP contribution in [-0.2, 0) is 42.5 Å². The average molecular weight is 516 g/mol. The fourth-order valence-corrected chi connectivity index (χ4v) is 5.04. The Morgan fingerprint density at radius 1 is 1.11 bits per heavy atom. The van der Waals surface area contributed by atoms with Gasteiger partial charge in [0.25, 0.3) is 0 Å². The number of carbonyl (C=O) groups is 1. The van der Waals surface area contributed by atoms with Gasteiger partial charge in [0.2, 0.25) is 5.82 Å². The molecule has 9 heteroatoms. The summed E-state index contributed by atoms with van der Waals surface area (Å²) in [4.78, 5) is 14.4. The van der Waals surface area contributed by atoms with E-state index >= 15 is 0 Å². The molecule has 2 aromatic heterocycles. The van der Waals surface area contributed by atoms with Crippen molar-refractivity contribution in [1.29, 1.82) is 0 Å². The topological polar surface area (TPSA) is 93.3 Å². The SMILES string of the molecule is CCOC(=O)c1cc(CC(C)(C)OCc2ccccc2)c2n1CCc1cc(OC)c(-c3nnn(C)n3)cc1-2. The zero-order valence-corrected chi connectivity index (χ0v) is 22.5. The Kier molecular flexibility index (Phi) is 7.03. The molecule has 2 aromatic carbocycles. The second kappa shape index (κ2) is 10.4. The number of hydrogen-bond donors (Lipinski definition) is 0. The van der Waals surface area contributed by atoms with E-state index in [4.69, 9.17) is 14.2 Å². The van der Waals surface area contributed by atoms with Crippen LogP contribution < -0.4 is 4.74 Å². The van der Waals surface area contributed by atoms with Crippen LogP contribution >= 0.6 is 0 Å². The second-order valence-electron chi connectivity index (χ2n) is 10.0. The van der Waals surface area contributed by atoms with Gasteiger partial charge in [-0.3, -0.25) is 0 Å². The lowest BCUT2D eigenvalue weighted by Crippen LogP contribution is -2.27. The van der Waals surface area contributed by atoms with Gasteiger partial charge < -0.3 is 18.8 Å². The zero-order valence-electron chi connectivity index (χ0n) is 22.5. The van der Waals surface area contributed by atoms with E-state index in [0.29, 0.717) is 43.4 Å². The molecule has 0 radical (unpaired) electrons. The van der Waals surface area contributed by atoms with E-state index in [2.05, 4.69) is 46.0 Å². The number of hydrogen-bond acceptors (Lipinski definition) is 7. The maximum atomic E-state index is 13.0. The fourth-order valence-electron chi connectivity index (χ4n) is 5.04. The van der Waals surface area contributed by atoms with Crippen LogP contribution in [0.25, 0.3) is 22.6 Å². The van der Waals surface area contributed by atoms with Gasteiger partial charge in [-0.25, -0.2) is 4.79 Å². The highest BCUT2D eigenvalue weighted by Gasteiger charge is 2.31. The molecule has 0 unspecified atom stereocenters. The van der Waals surface area contributed by atoms with Gasteiger partial charge in [-0.1, -0.05) is 30.3 Å². The Morgan fingerprint density at radius 2 is 1.89 bits per heavy atom. The normalized spacial score (nSPS) is 12.7. The monoisotopic (exact) mass is 515 g/mol. The van der Waals surface area contributed by atoms with Crippen LogP contribution in [0.2, 0.25) is 0 Å². The number of ether oxygens (including phenoxy) is 3. The highest BCUT2D eigenvalue weighted by molar-refractivity contribution is 5.91. The van der Waals surface area contributed by atoms with E-state index in [1.165, 1.54) is 4.80 Å². The largest absolute Gasteiger partial charge is 0.496 e. The Morgan fingerprint density at radius 3 is 2.58 bits per heavy atom. The van der Waals surface area contributed by atoms with Crippen molar-refractivity contribution in [2.24, 2.45) is 7.05 Å². The van der Waals surface area contributed by atoms with Gasteiger partial charge in [-0.2, -0.15) is 4.80 Å². The third kappa shape index (κ3) is 5.06. The lowest BCUT2D eigenvalue weighted by molar-refractivity contribution is -0.0286. The maximum absolute atomic E-state index is 13.0. The smallest absolute Gasteiger partial charge is 0.354 e. The van der Waals surface area contributed by atoms with Crippen LogP contribution in [0.5, 0.6) is 5.75 Å². The predicted octanol–water partition coefficient (Wildman–Crippen LogP) is 4.62. The van der Waals surface area contributed by atoms with Crippen molar-refractivity contribution >= 4 is 5.97 Å². The highest BCUT2D eigenvalue weighted by atomic mass is 16.5. The van der Waals surface area contributed by atoms with Gasteiger partial charge in [0.05, 0.1) is 44.2 Å². The predicted molar refractivity (Wildman–Crippen MR) is 143 cm³/mol. The summed E-state index contributed by atoms with van der Waals surface area (Å²) in [6.45, 7) is 7.46. The molecular weight excluding hydrogens is 482 g/mol. The van der Waals surface area contributed by atoms with E-state index in [9.17, 15) is 4.79 Å². The van der Waals surface area contributed by atoms with Crippen LogP contribution in [0.3, 0.4) is 0 Å². The number of tetrazole rings is 1. The minimum atomic E-state index is -0.482. The lowest BCUT2D eigenvalue weighted by atomic mass is 9.90. The molecule has 0 saturated heterocycles. The Balaban J connectivity index is 1.58. The molecule has 0 fully saturated rings. The Labute approximate surface area is 222 Å². The molecular formula is C29H33N5O4. The number of benzene rings is 2. The van der Waals surface area contributed by atoms with Gasteiger partial charge in [-0.05, 0) is 67.3 Å². The summed E-state index contributed by atoms with van der Waals surface area (Å²) in [6, 6.07) is 16.2. The third-order valence-corrected chi connectivity index (χ3v) is 6.78. The standard InChI is InChI=1S/C29H33N5O4/c1-6-37-28(35)24-14-21(17-29(2,3)38-18-19-10-8-7-9-11-19)26-22-16-23(27-30-32-33(4)31-27)25(36-5)15-20(22)12-13-34(24)26/h7-11,14-16H,6,12-13,17-18H2,1-5H3. The number of rotatable bonds is 9. The van der Waals surface area contributed by atoms with Gasteiger partial charge in [-0.15, -0.1) is 10.2 Å². The van der Waals surface area contributed by atoms with Gasteiger partial charge >= 0.3 is 5.97 Å². The number of esters is 1. The van der Waals surface area contributed by atoms with Crippen molar-refractivity contribution in [3.63, 3.8) is 0 Å². The zero-order chi connectivity index (χ0) is 26.9. The molecule has 0 N–H and O–H groups in total. The number of aromatic nitrogens is 5. The number of aryl methyl sites for hydroxylation is 2. The third-order valence-electron chi connectivity index (χ3n) is 6.78. The summed E-state index contributed by atoms with van der Waals surface area (Å²) in [5, 5.41) is 12.6. The lowest BCUT2D eigenvalue weighted by Gasteiger charge is -2.28. The summed E-state index contributed by atoms with van der Waals surface area (Å²) in [7, 11) is 3.37. The maximum Gasteiger partial charge on any atom is 0.354 e. The van der Waals surface area contributed by atoms with Crippen LogP contribution in [0.1, 0.15) is 48.0 Å². The van der Waals surface area contributed by atoms with Gasteiger partial charge in [0, 0.05) is 18.5 Å². The van der Waals surface area contributed by atoms with Gasteiger partial charge in [0.15, 0.2) is 0 Å². The highest BCUT2D eigenvalue weighted by Crippen LogP contribution is 2.42. The molecule has 3 heterocycles. The first-order valence-electron chi connectivity index (χ1n) is 12.8. The first-order chi connectivity index (χ1) is 18.3. The van der Waals surface area contributed by atoms with Crippen LogP contribution in [-0.4, -0.2) is 50.1 Å².